The van der Waals surface area contributed by atoms with Gasteiger partial charge in [-0.05, 0) is 26.8 Å². The Morgan fingerprint density at radius 1 is 1.25 bits per heavy atom. The minimum Gasteiger partial charge on any atom is -0.355 e. The van der Waals surface area contributed by atoms with Crippen molar-refractivity contribution >= 4 is 21.1 Å². The lowest BCUT2D eigenvalue weighted by atomic mass is 10.7. The zero-order chi connectivity index (χ0) is 9.45. The van der Waals surface area contributed by atoms with Crippen LogP contribution in [0.2, 0.25) is 6.04 Å². The lowest BCUT2D eigenvalue weighted by Crippen LogP contribution is -2.39. The van der Waals surface area contributed by atoms with Gasteiger partial charge in [-0.1, -0.05) is 0 Å². The van der Waals surface area contributed by atoms with Crippen molar-refractivity contribution in [2.75, 3.05) is 19.1 Å². The van der Waals surface area contributed by atoms with Gasteiger partial charge in [0.25, 0.3) is 0 Å². The van der Waals surface area contributed by atoms with Crippen LogP contribution in [0.5, 0.6) is 0 Å². The lowest BCUT2D eigenvalue weighted by molar-refractivity contribution is -0.162. The number of ether oxygens (including phenoxy) is 2. The smallest absolute Gasteiger partial charge is 0.142 e. The van der Waals surface area contributed by atoms with E-state index in [2.05, 4.69) is 0 Å². The van der Waals surface area contributed by atoms with Gasteiger partial charge in [0.1, 0.15) is 5.41 Å². The quantitative estimate of drug-likeness (QED) is 0.361. The summed E-state index contributed by atoms with van der Waals surface area (Å²) >= 11 is 5.63. The van der Waals surface area contributed by atoms with E-state index in [0.717, 1.165) is 11.9 Å². The summed E-state index contributed by atoms with van der Waals surface area (Å²) in [5.74, 6) is 0.724. The van der Waals surface area contributed by atoms with Gasteiger partial charge in [0.15, 0.2) is 0 Å². The average Bonchev–Trinajstić information content (AvgIpc) is 2.02. The normalized spacial score (nSPS) is 13.0. The van der Waals surface area contributed by atoms with Crippen molar-refractivity contribution in [3.63, 3.8) is 0 Å². The number of alkyl halides is 1. The first kappa shape index (κ1) is 12.4. The van der Waals surface area contributed by atoms with Crippen molar-refractivity contribution in [1.29, 1.82) is 0 Å². The molecule has 0 fully saturated rings. The largest absolute Gasteiger partial charge is 0.355 e. The van der Waals surface area contributed by atoms with Gasteiger partial charge in [-0.3, -0.25) is 0 Å². The molecule has 0 atom stereocenters. The van der Waals surface area contributed by atoms with E-state index < -0.39 is 0 Å². The van der Waals surface area contributed by atoms with E-state index >= 15 is 0 Å². The highest BCUT2D eigenvalue weighted by molar-refractivity contribution is 6.40. The zero-order valence-corrected chi connectivity index (χ0v) is 10.4. The molecule has 0 rings (SSSR count). The molecule has 0 aliphatic carbocycles. The van der Waals surface area contributed by atoms with Crippen LogP contribution in [0, 0.1) is 0 Å². The van der Waals surface area contributed by atoms with Gasteiger partial charge in [-0.2, -0.15) is 0 Å². The summed E-state index contributed by atoms with van der Waals surface area (Å²) in [7, 11) is -0.370. The van der Waals surface area contributed by atoms with Gasteiger partial charge in [-0.15, -0.1) is 11.6 Å². The van der Waals surface area contributed by atoms with E-state index in [-0.39, 0.29) is 14.9 Å². The van der Waals surface area contributed by atoms with E-state index in [0.29, 0.717) is 13.2 Å². The number of halogens is 1. The Balaban J connectivity index is 3.80. The monoisotopic (exact) mass is 210 g/mol. The van der Waals surface area contributed by atoms with E-state index in [9.17, 15) is 0 Å². The van der Waals surface area contributed by atoms with Gasteiger partial charge in [0.2, 0.25) is 0 Å². The molecule has 0 N–H and O–H groups in total. The van der Waals surface area contributed by atoms with Gasteiger partial charge in [0, 0.05) is 19.1 Å². The topological polar surface area (TPSA) is 18.5 Å². The molecule has 0 unspecified atom stereocenters. The molecule has 0 aliphatic rings. The molecule has 0 radical (unpaired) electrons. The second kappa shape index (κ2) is 6.89. The molecule has 74 valence electrons. The van der Waals surface area contributed by atoms with Crippen LogP contribution in [0.4, 0.5) is 0 Å². The Bertz CT molecular complexity index is 105. The Morgan fingerprint density at radius 3 is 2.08 bits per heavy atom. The van der Waals surface area contributed by atoms with Gasteiger partial charge >= 0.3 is 0 Å². The first-order chi connectivity index (χ1) is 5.68. The Morgan fingerprint density at radius 2 is 1.75 bits per heavy atom. The summed E-state index contributed by atoms with van der Waals surface area (Å²) in [6.45, 7) is 7.44. The Kier molecular flexibility index (Phi) is 7.14. The molecule has 2 nitrogen and oxygen atoms in total. The van der Waals surface area contributed by atoms with E-state index in [4.69, 9.17) is 21.1 Å². The highest BCUT2D eigenvalue weighted by Crippen LogP contribution is 2.12. The number of hydrogen-bond donors (Lipinski definition) is 0. The van der Waals surface area contributed by atoms with Gasteiger partial charge < -0.3 is 9.47 Å². The van der Waals surface area contributed by atoms with Gasteiger partial charge in [0.05, 0.1) is 9.52 Å². The number of rotatable bonds is 7. The maximum absolute atomic E-state index is 5.63. The molecule has 0 aliphatic heterocycles. The molecule has 0 aromatic carbocycles. The highest BCUT2D eigenvalue weighted by Gasteiger charge is 2.23. The molecular weight excluding hydrogens is 192 g/mol. The van der Waals surface area contributed by atoms with Crippen LogP contribution < -0.4 is 0 Å². The lowest BCUT2D eigenvalue weighted by Gasteiger charge is -2.28. The molecule has 0 aromatic heterocycles. The summed E-state index contributed by atoms with van der Waals surface area (Å²) in [6.07, 6.45) is 0. The standard InChI is InChI=1S/C8H19ClO2Si/c1-4-10-8(3,11-5-2)12-7-6-9/h4-7,12H2,1-3H3. The molecule has 0 heterocycles. The molecule has 12 heavy (non-hydrogen) atoms. The fraction of sp³-hybridized carbons (Fsp3) is 1.00. The SMILES string of the molecule is CCOC(C)(OCC)[SiH2]CCCl. The fourth-order valence-electron chi connectivity index (χ4n) is 1.18. The summed E-state index contributed by atoms with van der Waals surface area (Å²) in [5, 5.41) is 0. The maximum Gasteiger partial charge on any atom is 0.142 e. The third kappa shape index (κ3) is 5.14. The summed E-state index contributed by atoms with van der Waals surface area (Å²) in [4.78, 5) is 0. The molecule has 0 amide bonds. The minimum absolute atomic E-state index is 0.293. The highest BCUT2D eigenvalue weighted by atomic mass is 35.5. The van der Waals surface area contributed by atoms with Crippen LogP contribution in [0.1, 0.15) is 20.8 Å². The molecule has 0 saturated carbocycles. The molecule has 0 saturated heterocycles. The third-order valence-electron chi connectivity index (χ3n) is 1.66. The van der Waals surface area contributed by atoms with Crippen LogP contribution in [0.15, 0.2) is 0 Å². The molecule has 0 bridgehead atoms. The predicted octanol–water partition coefficient (Wildman–Crippen LogP) is 1.56. The first-order valence-corrected chi connectivity index (χ1v) is 6.76. The molecular formula is C8H19ClO2Si. The first-order valence-electron chi connectivity index (χ1n) is 4.52. The Hall–Kier alpha value is 0.427. The van der Waals surface area contributed by atoms with E-state index in [1.807, 2.05) is 20.8 Å². The molecule has 4 heteroatoms. The van der Waals surface area contributed by atoms with Crippen molar-refractivity contribution in [2.24, 2.45) is 0 Å². The van der Waals surface area contributed by atoms with Crippen molar-refractivity contribution < 1.29 is 9.47 Å². The fourth-order valence-corrected chi connectivity index (χ4v) is 3.06. The van der Waals surface area contributed by atoms with Crippen LogP contribution in [-0.2, 0) is 9.47 Å². The van der Waals surface area contributed by atoms with Crippen molar-refractivity contribution in [3.8, 4) is 0 Å². The van der Waals surface area contributed by atoms with Gasteiger partial charge in [-0.25, -0.2) is 0 Å². The van der Waals surface area contributed by atoms with Crippen LogP contribution in [0.3, 0.4) is 0 Å². The zero-order valence-electron chi connectivity index (χ0n) is 8.23. The summed E-state index contributed by atoms with van der Waals surface area (Å²) in [5.41, 5.74) is -0.293. The van der Waals surface area contributed by atoms with E-state index in [1.165, 1.54) is 0 Å². The minimum atomic E-state index is -0.370. The van der Waals surface area contributed by atoms with Crippen LogP contribution in [-0.4, -0.2) is 34.0 Å². The predicted molar refractivity (Wildman–Crippen MR) is 55.7 cm³/mol. The van der Waals surface area contributed by atoms with Crippen molar-refractivity contribution in [2.45, 2.75) is 32.2 Å². The second-order valence-corrected chi connectivity index (χ2v) is 5.66. The molecule has 0 spiro atoms. The second-order valence-electron chi connectivity index (χ2n) is 2.79. The summed E-state index contributed by atoms with van der Waals surface area (Å²) in [6, 6.07) is 1.07. The van der Waals surface area contributed by atoms with E-state index in [1.54, 1.807) is 0 Å². The summed E-state index contributed by atoms with van der Waals surface area (Å²) < 4.78 is 11.1. The average molecular weight is 211 g/mol. The van der Waals surface area contributed by atoms with Crippen LogP contribution in [0.25, 0.3) is 0 Å². The third-order valence-corrected chi connectivity index (χ3v) is 4.40. The maximum atomic E-state index is 5.63. The van der Waals surface area contributed by atoms with Crippen molar-refractivity contribution in [1.82, 2.24) is 0 Å². The number of hydrogen-bond acceptors (Lipinski definition) is 2. The molecule has 0 aromatic rings. The Labute approximate surface area is 82.4 Å². The van der Waals surface area contributed by atoms with Crippen molar-refractivity contribution in [3.05, 3.63) is 0 Å². The van der Waals surface area contributed by atoms with Crippen LogP contribution >= 0.6 is 11.6 Å².